The van der Waals surface area contributed by atoms with Gasteiger partial charge in [-0.2, -0.15) is 5.10 Å². The number of nitrogens with zero attached hydrogens (tertiary/aromatic N) is 4. The van der Waals surface area contributed by atoms with Crippen molar-refractivity contribution in [1.82, 2.24) is 14.8 Å². The van der Waals surface area contributed by atoms with Gasteiger partial charge in [0.1, 0.15) is 12.2 Å². The van der Waals surface area contributed by atoms with Crippen LogP contribution in [0.2, 0.25) is 0 Å². The molecule has 0 spiro atoms. The fraction of sp³-hybridized carbons (Fsp3) is 0.250. The van der Waals surface area contributed by atoms with Crippen LogP contribution in [0.25, 0.3) is 11.4 Å². The third-order valence-corrected chi connectivity index (χ3v) is 2.67. The minimum atomic E-state index is -0.575. The molecule has 0 aliphatic heterocycles. The zero-order valence-corrected chi connectivity index (χ0v) is 11.4. The lowest BCUT2D eigenvalue weighted by Crippen LogP contribution is -2.16. The van der Waals surface area contributed by atoms with E-state index < -0.39 is 10.9 Å². The highest BCUT2D eigenvalue weighted by Crippen LogP contribution is 2.25. The first-order valence-electron chi connectivity index (χ1n) is 5.97. The van der Waals surface area contributed by atoms with E-state index in [1.807, 2.05) is 0 Å². The first kappa shape index (κ1) is 14.4. The number of rotatable bonds is 5. The molecule has 2 heterocycles. The molecule has 0 saturated carbocycles. The number of carbonyl (C=O) groups is 1. The molecule has 0 unspecified atom stereocenters. The number of ether oxygens (including phenoxy) is 1. The Labute approximate surface area is 119 Å². The van der Waals surface area contributed by atoms with Crippen LogP contribution in [0.4, 0.5) is 11.5 Å². The summed E-state index contributed by atoms with van der Waals surface area (Å²) in [6.07, 6.45) is 1.74. The van der Waals surface area contributed by atoms with Gasteiger partial charge in [0.2, 0.25) is 5.82 Å². The smallest absolute Gasteiger partial charge is 0.325 e. The van der Waals surface area contributed by atoms with Crippen LogP contribution in [0.15, 0.2) is 24.4 Å². The number of methoxy groups -OCH3 is 1. The van der Waals surface area contributed by atoms with E-state index in [4.69, 9.17) is 0 Å². The molecule has 110 valence electrons. The van der Waals surface area contributed by atoms with Gasteiger partial charge >= 0.3 is 11.7 Å². The lowest BCUT2D eigenvalue weighted by molar-refractivity contribution is -0.384. The average molecular weight is 291 g/mol. The highest BCUT2D eigenvalue weighted by molar-refractivity contribution is 5.76. The highest BCUT2D eigenvalue weighted by Gasteiger charge is 2.18. The Bertz CT molecular complexity index is 682. The van der Waals surface area contributed by atoms with Crippen LogP contribution < -0.4 is 5.32 Å². The average Bonchev–Trinajstić information content (AvgIpc) is 2.90. The van der Waals surface area contributed by atoms with Gasteiger partial charge in [0.25, 0.3) is 0 Å². The van der Waals surface area contributed by atoms with Gasteiger partial charge in [-0.15, -0.1) is 0 Å². The summed E-state index contributed by atoms with van der Waals surface area (Å²) < 4.78 is 6.07. The molecule has 0 atom stereocenters. The second kappa shape index (κ2) is 5.99. The summed E-state index contributed by atoms with van der Waals surface area (Å²) in [6.45, 7) is -0.212. The van der Waals surface area contributed by atoms with Gasteiger partial charge in [-0.25, -0.2) is 4.98 Å². The van der Waals surface area contributed by atoms with E-state index >= 15 is 0 Å². The number of nitrogens with one attached hydrogen (secondary N) is 1. The normalized spacial score (nSPS) is 10.2. The number of carbonyl (C=O) groups excluding carboxylic acids is 1. The molecule has 0 aromatic carbocycles. The van der Waals surface area contributed by atoms with E-state index in [9.17, 15) is 14.9 Å². The molecule has 2 aromatic heterocycles. The molecular formula is C12H13N5O4. The second-order valence-electron chi connectivity index (χ2n) is 4.13. The summed E-state index contributed by atoms with van der Waals surface area (Å²) in [6, 6.07) is 4.55. The standard InChI is InChI=1S/C12H13N5O4/c1-16-6-5-9(15-16)8-3-4-10(17(19)20)12(14-8)13-7-11(18)21-2/h3-6H,7H2,1-2H3,(H,13,14). The Morgan fingerprint density at radius 2 is 2.19 bits per heavy atom. The van der Waals surface area contributed by atoms with Gasteiger partial charge in [0, 0.05) is 19.3 Å². The van der Waals surface area contributed by atoms with E-state index in [2.05, 4.69) is 20.1 Å². The predicted octanol–water partition coefficient (Wildman–Crippen LogP) is 0.975. The molecular weight excluding hydrogens is 278 g/mol. The number of aromatic nitrogens is 3. The maximum atomic E-state index is 11.1. The van der Waals surface area contributed by atoms with Gasteiger partial charge in [-0.05, 0) is 12.1 Å². The largest absolute Gasteiger partial charge is 0.468 e. The molecule has 0 aliphatic rings. The van der Waals surface area contributed by atoms with E-state index in [0.29, 0.717) is 11.4 Å². The minimum Gasteiger partial charge on any atom is -0.468 e. The fourth-order valence-electron chi connectivity index (χ4n) is 1.65. The molecule has 2 aromatic rings. The number of pyridine rings is 1. The molecule has 1 N–H and O–H groups in total. The van der Waals surface area contributed by atoms with Crippen molar-refractivity contribution < 1.29 is 14.5 Å². The van der Waals surface area contributed by atoms with E-state index in [1.165, 1.54) is 19.2 Å². The molecule has 0 saturated heterocycles. The van der Waals surface area contributed by atoms with Crippen molar-refractivity contribution in [3.05, 3.63) is 34.5 Å². The van der Waals surface area contributed by atoms with E-state index in [0.717, 1.165) is 0 Å². The monoisotopic (exact) mass is 291 g/mol. The van der Waals surface area contributed by atoms with E-state index in [1.54, 1.807) is 24.0 Å². The quantitative estimate of drug-likeness (QED) is 0.496. The number of hydrogen-bond donors (Lipinski definition) is 1. The van der Waals surface area contributed by atoms with Gasteiger partial charge in [0.15, 0.2) is 0 Å². The van der Waals surface area contributed by atoms with Gasteiger partial charge in [-0.3, -0.25) is 19.6 Å². The lowest BCUT2D eigenvalue weighted by Gasteiger charge is -2.06. The van der Waals surface area contributed by atoms with Crippen LogP contribution in [-0.4, -0.2) is 39.3 Å². The zero-order valence-electron chi connectivity index (χ0n) is 11.4. The van der Waals surface area contributed by atoms with Crippen LogP contribution in [0.5, 0.6) is 0 Å². The maximum Gasteiger partial charge on any atom is 0.325 e. The van der Waals surface area contributed by atoms with Crippen molar-refractivity contribution in [3.63, 3.8) is 0 Å². The summed E-state index contributed by atoms with van der Waals surface area (Å²) in [7, 11) is 2.99. The molecule has 0 bridgehead atoms. The highest BCUT2D eigenvalue weighted by atomic mass is 16.6. The Balaban J connectivity index is 2.34. The summed E-state index contributed by atoms with van der Waals surface area (Å²) in [5, 5.41) is 17.8. The molecule has 0 amide bonds. The fourth-order valence-corrected chi connectivity index (χ4v) is 1.65. The van der Waals surface area contributed by atoms with Gasteiger partial charge < -0.3 is 10.1 Å². The summed E-state index contributed by atoms with van der Waals surface area (Å²) >= 11 is 0. The van der Waals surface area contributed by atoms with Crippen molar-refractivity contribution in [2.24, 2.45) is 7.05 Å². The minimum absolute atomic E-state index is 0.00597. The Kier molecular flexibility index (Phi) is 4.12. The van der Waals surface area contributed by atoms with Crippen molar-refractivity contribution >= 4 is 17.5 Å². The SMILES string of the molecule is COC(=O)CNc1nc(-c2ccn(C)n2)ccc1[N+](=O)[O-]. The van der Waals surface area contributed by atoms with E-state index in [-0.39, 0.29) is 18.1 Å². The first-order chi connectivity index (χ1) is 10.0. The van der Waals surface area contributed by atoms with Crippen molar-refractivity contribution in [2.75, 3.05) is 19.0 Å². The number of esters is 1. The Hall–Kier alpha value is -2.97. The van der Waals surface area contributed by atoms with Crippen molar-refractivity contribution in [1.29, 1.82) is 0 Å². The Morgan fingerprint density at radius 1 is 1.43 bits per heavy atom. The molecule has 21 heavy (non-hydrogen) atoms. The maximum absolute atomic E-state index is 11.1. The van der Waals surface area contributed by atoms with Crippen LogP contribution >= 0.6 is 0 Å². The summed E-state index contributed by atoms with van der Waals surface area (Å²) in [5.41, 5.74) is 0.820. The molecule has 0 fully saturated rings. The van der Waals surface area contributed by atoms with Crippen LogP contribution in [0, 0.1) is 10.1 Å². The van der Waals surface area contributed by atoms with Crippen LogP contribution in [0.3, 0.4) is 0 Å². The van der Waals surface area contributed by atoms with Crippen LogP contribution in [-0.2, 0) is 16.6 Å². The van der Waals surface area contributed by atoms with Crippen LogP contribution in [0.1, 0.15) is 0 Å². The zero-order chi connectivity index (χ0) is 15.4. The number of nitro groups is 1. The summed E-state index contributed by atoms with van der Waals surface area (Å²) in [5.74, 6) is -0.553. The number of anilines is 1. The van der Waals surface area contributed by atoms with Gasteiger partial charge in [0.05, 0.1) is 17.7 Å². The lowest BCUT2D eigenvalue weighted by atomic mass is 10.2. The first-order valence-corrected chi connectivity index (χ1v) is 5.97. The Morgan fingerprint density at radius 3 is 2.76 bits per heavy atom. The molecule has 9 nitrogen and oxygen atoms in total. The predicted molar refractivity (Wildman–Crippen MR) is 73.6 cm³/mol. The molecule has 2 rings (SSSR count). The third kappa shape index (κ3) is 3.32. The molecule has 9 heteroatoms. The van der Waals surface area contributed by atoms with Crippen molar-refractivity contribution in [3.8, 4) is 11.4 Å². The molecule has 0 aliphatic carbocycles. The third-order valence-electron chi connectivity index (χ3n) is 2.67. The second-order valence-corrected chi connectivity index (χ2v) is 4.13. The van der Waals surface area contributed by atoms with Gasteiger partial charge in [-0.1, -0.05) is 0 Å². The van der Waals surface area contributed by atoms with Crippen molar-refractivity contribution in [2.45, 2.75) is 0 Å². The number of hydrogen-bond acceptors (Lipinski definition) is 7. The topological polar surface area (TPSA) is 112 Å². The number of aryl methyl sites for hydroxylation is 1. The molecule has 0 radical (unpaired) electrons. The summed E-state index contributed by atoms with van der Waals surface area (Å²) in [4.78, 5) is 25.7.